The predicted octanol–water partition coefficient (Wildman–Crippen LogP) is 11.4. The third-order valence-electron chi connectivity index (χ3n) is 9.26. The first kappa shape index (κ1) is 28.1. The lowest BCUT2D eigenvalue weighted by Gasteiger charge is -2.11. The van der Waals surface area contributed by atoms with Crippen LogP contribution in [0.25, 0.3) is 100 Å². The fraction of sp³-hybridized carbons (Fsp3) is 0. The van der Waals surface area contributed by atoms with Gasteiger partial charge in [-0.2, -0.15) is 0 Å². The van der Waals surface area contributed by atoms with Crippen LogP contribution >= 0.6 is 0 Å². The number of nitrogens with zero attached hydrogens (tertiary/aromatic N) is 4. The maximum Gasteiger partial charge on any atom is 0.167 e. The second-order valence-electron chi connectivity index (χ2n) is 12.3. The average Bonchev–Trinajstić information content (AvgIpc) is 3.77. The maximum atomic E-state index is 6.67. The van der Waals surface area contributed by atoms with Crippen molar-refractivity contribution in [1.29, 1.82) is 0 Å². The number of rotatable bonds is 5. The van der Waals surface area contributed by atoms with E-state index in [0.29, 0.717) is 17.5 Å². The minimum Gasteiger partial charge on any atom is -0.456 e. The Morgan fingerprint density at radius 1 is 0.380 bits per heavy atom. The van der Waals surface area contributed by atoms with Gasteiger partial charge in [0.15, 0.2) is 17.5 Å². The minimum atomic E-state index is 0.539. The molecule has 0 radical (unpaired) electrons. The van der Waals surface area contributed by atoms with E-state index in [0.717, 1.165) is 82.8 Å². The lowest BCUT2D eigenvalue weighted by molar-refractivity contribution is 0.669. The average molecular weight is 643 g/mol. The molecule has 234 valence electrons. The van der Waals surface area contributed by atoms with Crippen molar-refractivity contribution in [2.45, 2.75) is 0 Å². The molecule has 0 unspecified atom stereocenters. The molecule has 4 heterocycles. The summed E-state index contributed by atoms with van der Waals surface area (Å²) in [4.78, 5) is 19.4. The maximum absolute atomic E-state index is 6.67. The molecule has 0 bridgehead atoms. The number of pyridine rings is 1. The molecule has 0 amide bonds. The Bertz CT molecular complexity index is 2860. The fourth-order valence-electron chi connectivity index (χ4n) is 6.83. The highest BCUT2D eigenvalue weighted by atomic mass is 16.3. The first-order valence-corrected chi connectivity index (χ1v) is 16.5. The summed E-state index contributed by atoms with van der Waals surface area (Å²) in [5.74, 6) is 1.71. The van der Waals surface area contributed by atoms with Gasteiger partial charge in [0.1, 0.15) is 22.3 Å². The molecule has 0 saturated heterocycles. The summed E-state index contributed by atoms with van der Waals surface area (Å²) in [5.41, 5.74) is 10.1. The molecule has 10 aromatic rings. The Morgan fingerprint density at radius 2 is 0.980 bits per heavy atom. The third-order valence-corrected chi connectivity index (χ3v) is 9.26. The van der Waals surface area contributed by atoms with E-state index in [1.807, 2.05) is 97.2 Å². The van der Waals surface area contributed by atoms with Crippen molar-refractivity contribution in [3.8, 4) is 56.4 Å². The Balaban J connectivity index is 1.18. The van der Waals surface area contributed by atoms with Crippen LogP contribution < -0.4 is 0 Å². The van der Waals surface area contributed by atoms with Crippen molar-refractivity contribution in [1.82, 2.24) is 19.9 Å². The van der Waals surface area contributed by atoms with Crippen LogP contribution in [0.5, 0.6) is 0 Å². The molecule has 0 saturated carbocycles. The largest absolute Gasteiger partial charge is 0.456 e. The molecule has 50 heavy (non-hydrogen) atoms. The monoisotopic (exact) mass is 642 g/mol. The standard InChI is InChI=1S/C44H26N4O2/c1-2-9-28(10-3-1)42-46-43(29-18-16-27(17-19-29)31-11-8-24-45-26-31)48-44(47-42)35-22-21-32(40-34-13-5-7-15-38(34)50-41(35)40)30-20-23-39-36(25-30)33-12-4-6-14-37(33)49-39/h1-26H. The highest BCUT2D eigenvalue weighted by molar-refractivity contribution is 6.17. The molecule has 0 aliphatic carbocycles. The van der Waals surface area contributed by atoms with Gasteiger partial charge >= 0.3 is 0 Å². The smallest absolute Gasteiger partial charge is 0.167 e. The first-order valence-electron chi connectivity index (χ1n) is 16.5. The number of furan rings is 2. The van der Waals surface area contributed by atoms with Crippen LogP contribution in [0.3, 0.4) is 0 Å². The number of hydrogen-bond acceptors (Lipinski definition) is 6. The van der Waals surface area contributed by atoms with E-state index in [1.165, 1.54) is 0 Å². The minimum absolute atomic E-state index is 0.539. The van der Waals surface area contributed by atoms with Gasteiger partial charge in [0.2, 0.25) is 0 Å². The zero-order valence-corrected chi connectivity index (χ0v) is 26.6. The van der Waals surface area contributed by atoms with E-state index in [-0.39, 0.29) is 0 Å². The van der Waals surface area contributed by atoms with Crippen LogP contribution in [-0.2, 0) is 0 Å². The van der Waals surface area contributed by atoms with Crippen LogP contribution in [0, 0.1) is 0 Å². The van der Waals surface area contributed by atoms with Gasteiger partial charge in [0.25, 0.3) is 0 Å². The highest BCUT2D eigenvalue weighted by Gasteiger charge is 2.21. The van der Waals surface area contributed by atoms with Gasteiger partial charge in [-0.05, 0) is 58.7 Å². The molecule has 4 aromatic heterocycles. The van der Waals surface area contributed by atoms with Crippen LogP contribution in [-0.4, -0.2) is 19.9 Å². The van der Waals surface area contributed by atoms with Crippen LogP contribution in [0.15, 0.2) is 167 Å². The van der Waals surface area contributed by atoms with Crippen LogP contribution in [0.1, 0.15) is 0 Å². The second kappa shape index (κ2) is 11.4. The Labute approximate surface area is 286 Å². The molecule has 6 aromatic carbocycles. The van der Waals surface area contributed by atoms with E-state index >= 15 is 0 Å². The molecule has 0 spiro atoms. The van der Waals surface area contributed by atoms with Gasteiger partial charge in [0.05, 0.1) is 5.56 Å². The van der Waals surface area contributed by atoms with Crippen molar-refractivity contribution < 1.29 is 8.83 Å². The van der Waals surface area contributed by atoms with E-state index in [4.69, 9.17) is 23.8 Å². The number of aromatic nitrogens is 4. The number of fused-ring (bicyclic) bond motifs is 6. The number of benzene rings is 6. The molecule has 6 heteroatoms. The van der Waals surface area contributed by atoms with Crippen molar-refractivity contribution in [3.05, 3.63) is 158 Å². The number of hydrogen-bond donors (Lipinski definition) is 0. The van der Waals surface area contributed by atoms with E-state index in [9.17, 15) is 0 Å². The summed E-state index contributed by atoms with van der Waals surface area (Å²) < 4.78 is 12.8. The Morgan fingerprint density at radius 3 is 1.76 bits per heavy atom. The van der Waals surface area contributed by atoms with E-state index < -0.39 is 0 Å². The van der Waals surface area contributed by atoms with Crippen molar-refractivity contribution >= 4 is 43.9 Å². The molecular formula is C44H26N4O2. The van der Waals surface area contributed by atoms with Crippen molar-refractivity contribution in [2.75, 3.05) is 0 Å². The summed E-state index contributed by atoms with van der Waals surface area (Å²) in [6, 6.07) is 49.2. The van der Waals surface area contributed by atoms with E-state index in [2.05, 4.69) is 59.6 Å². The topological polar surface area (TPSA) is 77.8 Å². The predicted molar refractivity (Wildman–Crippen MR) is 199 cm³/mol. The zero-order valence-electron chi connectivity index (χ0n) is 26.6. The van der Waals surface area contributed by atoms with Gasteiger partial charge in [0, 0.05) is 45.1 Å². The molecule has 0 N–H and O–H groups in total. The summed E-state index contributed by atoms with van der Waals surface area (Å²) >= 11 is 0. The summed E-state index contributed by atoms with van der Waals surface area (Å²) in [6.45, 7) is 0. The van der Waals surface area contributed by atoms with Gasteiger partial charge in [-0.15, -0.1) is 0 Å². The van der Waals surface area contributed by atoms with Crippen LogP contribution in [0.2, 0.25) is 0 Å². The Hall–Kier alpha value is -6.92. The molecule has 0 fully saturated rings. The van der Waals surface area contributed by atoms with Gasteiger partial charge < -0.3 is 8.83 Å². The molecule has 0 atom stereocenters. The fourth-order valence-corrected chi connectivity index (χ4v) is 6.83. The van der Waals surface area contributed by atoms with Gasteiger partial charge in [-0.1, -0.05) is 109 Å². The molecule has 6 nitrogen and oxygen atoms in total. The lowest BCUT2D eigenvalue weighted by atomic mass is 9.95. The van der Waals surface area contributed by atoms with Crippen molar-refractivity contribution in [3.63, 3.8) is 0 Å². The summed E-state index contributed by atoms with van der Waals surface area (Å²) in [7, 11) is 0. The molecular weight excluding hydrogens is 617 g/mol. The molecule has 0 aliphatic heterocycles. The van der Waals surface area contributed by atoms with E-state index in [1.54, 1.807) is 6.20 Å². The summed E-state index contributed by atoms with van der Waals surface area (Å²) in [5, 5.41) is 4.20. The normalized spacial score (nSPS) is 11.6. The highest BCUT2D eigenvalue weighted by Crippen LogP contribution is 2.43. The lowest BCUT2D eigenvalue weighted by Crippen LogP contribution is -2.00. The molecule has 10 rings (SSSR count). The second-order valence-corrected chi connectivity index (χ2v) is 12.3. The number of para-hydroxylation sites is 2. The van der Waals surface area contributed by atoms with Crippen molar-refractivity contribution in [2.24, 2.45) is 0 Å². The SMILES string of the molecule is c1ccc(-c2nc(-c3ccc(-c4cccnc4)cc3)nc(-c3ccc(-c4ccc5oc6ccccc6c5c4)c4c3oc3ccccc34)n2)cc1. The molecule has 0 aliphatic rings. The zero-order chi connectivity index (χ0) is 33.0. The van der Waals surface area contributed by atoms with Crippen LogP contribution in [0.4, 0.5) is 0 Å². The quantitative estimate of drug-likeness (QED) is 0.186. The summed E-state index contributed by atoms with van der Waals surface area (Å²) in [6.07, 6.45) is 3.64. The van der Waals surface area contributed by atoms with Gasteiger partial charge in [-0.25, -0.2) is 15.0 Å². The third kappa shape index (κ3) is 4.65. The Kier molecular flexibility index (Phi) is 6.39. The van der Waals surface area contributed by atoms with Gasteiger partial charge in [-0.3, -0.25) is 4.98 Å². The first-order chi connectivity index (χ1) is 24.8.